The van der Waals surface area contributed by atoms with Gasteiger partial charge in [-0.15, -0.1) is 0 Å². The Bertz CT molecular complexity index is 141. The van der Waals surface area contributed by atoms with Crippen molar-refractivity contribution >= 4 is 5.97 Å². The van der Waals surface area contributed by atoms with Crippen molar-refractivity contribution in [1.82, 2.24) is 5.32 Å². The van der Waals surface area contributed by atoms with E-state index in [1.807, 2.05) is 0 Å². The highest BCUT2D eigenvalue weighted by atomic mass is 16.4. The SMILES string of the molecule is O=C(O)CCCC1CCCC[N]1. The molecule has 1 unspecified atom stereocenters. The summed E-state index contributed by atoms with van der Waals surface area (Å²) < 4.78 is 0. The molecule has 1 rings (SSSR count). The van der Waals surface area contributed by atoms with Crippen LogP contribution in [0.25, 0.3) is 0 Å². The zero-order chi connectivity index (χ0) is 8.81. The maximum atomic E-state index is 10.2. The van der Waals surface area contributed by atoms with Gasteiger partial charge in [-0.2, -0.15) is 0 Å². The molecule has 0 spiro atoms. The zero-order valence-corrected chi connectivity index (χ0v) is 7.33. The van der Waals surface area contributed by atoms with Gasteiger partial charge in [-0.05, 0) is 25.7 Å². The lowest BCUT2D eigenvalue weighted by molar-refractivity contribution is -0.137. The molecule has 0 aromatic rings. The monoisotopic (exact) mass is 170 g/mol. The number of carbonyl (C=O) groups is 1. The Morgan fingerprint density at radius 3 is 2.92 bits per heavy atom. The molecular weight excluding hydrogens is 154 g/mol. The molecule has 0 bridgehead atoms. The van der Waals surface area contributed by atoms with Gasteiger partial charge in [0.2, 0.25) is 0 Å². The van der Waals surface area contributed by atoms with Gasteiger partial charge < -0.3 is 5.11 Å². The topological polar surface area (TPSA) is 51.4 Å². The van der Waals surface area contributed by atoms with Gasteiger partial charge in [0.1, 0.15) is 0 Å². The van der Waals surface area contributed by atoms with E-state index < -0.39 is 5.97 Å². The average molecular weight is 170 g/mol. The summed E-state index contributed by atoms with van der Waals surface area (Å²) in [6.07, 6.45) is 5.69. The Balaban J connectivity index is 2.01. The number of aliphatic carboxylic acids is 1. The molecular formula is C9H16NO2. The Morgan fingerprint density at radius 2 is 2.33 bits per heavy atom. The second-order valence-corrected chi connectivity index (χ2v) is 3.34. The van der Waals surface area contributed by atoms with Crippen molar-refractivity contribution in [2.75, 3.05) is 6.54 Å². The lowest BCUT2D eigenvalue weighted by Gasteiger charge is -2.20. The Morgan fingerprint density at radius 1 is 1.50 bits per heavy atom. The van der Waals surface area contributed by atoms with E-state index in [9.17, 15) is 4.79 Å². The van der Waals surface area contributed by atoms with Gasteiger partial charge in [-0.25, -0.2) is 5.32 Å². The minimum atomic E-state index is -0.689. The van der Waals surface area contributed by atoms with Gasteiger partial charge in [0, 0.05) is 19.0 Å². The van der Waals surface area contributed by atoms with Crippen LogP contribution in [-0.4, -0.2) is 23.7 Å². The number of carboxylic acids is 1. The fourth-order valence-corrected chi connectivity index (χ4v) is 1.58. The third-order valence-electron chi connectivity index (χ3n) is 2.26. The van der Waals surface area contributed by atoms with Crippen molar-refractivity contribution in [2.24, 2.45) is 0 Å². The zero-order valence-electron chi connectivity index (χ0n) is 7.33. The summed E-state index contributed by atoms with van der Waals surface area (Å²) in [5.41, 5.74) is 0. The standard InChI is InChI=1S/C9H16NO2/c11-9(12)6-3-5-8-4-1-2-7-10-8/h8H,1-7H2,(H,11,12). The van der Waals surface area contributed by atoms with Gasteiger partial charge in [0.25, 0.3) is 0 Å². The minimum Gasteiger partial charge on any atom is -0.481 e. The molecule has 69 valence electrons. The normalized spacial score (nSPS) is 23.8. The molecule has 1 fully saturated rings. The molecule has 1 aliphatic heterocycles. The Labute approximate surface area is 73.2 Å². The molecule has 1 saturated heterocycles. The second-order valence-electron chi connectivity index (χ2n) is 3.34. The molecule has 1 radical (unpaired) electrons. The predicted octanol–water partition coefficient (Wildman–Crippen LogP) is 1.40. The Kier molecular flexibility index (Phi) is 4.08. The van der Waals surface area contributed by atoms with Crippen LogP contribution in [0.2, 0.25) is 0 Å². The van der Waals surface area contributed by atoms with E-state index in [2.05, 4.69) is 5.32 Å². The highest BCUT2D eigenvalue weighted by Gasteiger charge is 2.13. The summed E-state index contributed by atoms with van der Waals surface area (Å²) in [6, 6.07) is 0.457. The first-order chi connectivity index (χ1) is 5.79. The van der Waals surface area contributed by atoms with Crippen molar-refractivity contribution in [3.63, 3.8) is 0 Å². The van der Waals surface area contributed by atoms with E-state index in [0.29, 0.717) is 12.5 Å². The quantitative estimate of drug-likeness (QED) is 0.693. The van der Waals surface area contributed by atoms with E-state index in [0.717, 1.165) is 19.4 Å². The van der Waals surface area contributed by atoms with E-state index in [-0.39, 0.29) is 0 Å². The van der Waals surface area contributed by atoms with Crippen LogP contribution in [0.4, 0.5) is 0 Å². The van der Waals surface area contributed by atoms with Crippen LogP contribution in [0.1, 0.15) is 38.5 Å². The lowest BCUT2D eigenvalue weighted by atomic mass is 10.00. The highest BCUT2D eigenvalue weighted by Crippen LogP contribution is 2.13. The fraction of sp³-hybridized carbons (Fsp3) is 0.889. The number of nitrogens with zero attached hydrogens (tertiary/aromatic N) is 1. The third-order valence-corrected chi connectivity index (χ3v) is 2.26. The van der Waals surface area contributed by atoms with Crippen LogP contribution in [0.15, 0.2) is 0 Å². The molecule has 0 aromatic heterocycles. The first kappa shape index (κ1) is 9.52. The largest absolute Gasteiger partial charge is 0.481 e. The number of piperidine rings is 1. The van der Waals surface area contributed by atoms with Crippen molar-refractivity contribution in [1.29, 1.82) is 0 Å². The molecule has 0 saturated carbocycles. The number of carboxylic acid groups (broad SMARTS) is 1. The molecule has 1 aliphatic rings. The molecule has 0 aliphatic carbocycles. The minimum absolute atomic E-state index is 0.298. The third kappa shape index (κ3) is 3.72. The van der Waals surface area contributed by atoms with E-state index in [4.69, 9.17) is 5.11 Å². The van der Waals surface area contributed by atoms with Crippen LogP contribution in [-0.2, 0) is 4.79 Å². The van der Waals surface area contributed by atoms with E-state index in [1.165, 1.54) is 19.3 Å². The van der Waals surface area contributed by atoms with Crippen LogP contribution >= 0.6 is 0 Å². The van der Waals surface area contributed by atoms with Gasteiger partial charge >= 0.3 is 5.97 Å². The maximum absolute atomic E-state index is 10.2. The van der Waals surface area contributed by atoms with Crippen molar-refractivity contribution in [3.8, 4) is 0 Å². The molecule has 3 nitrogen and oxygen atoms in total. The van der Waals surface area contributed by atoms with Crippen LogP contribution in [0.5, 0.6) is 0 Å². The second kappa shape index (κ2) is 5.14. The summed E-state index contributed by atoms with van der Waals surface area (Å²) in [4.78, 5) is 10.2. The molecule has 3 heteroatoms. The lowest BCUT2D eigenvalue weighted by Crippen LogP contribution is -2.27. The van der Waals surface area contributed by atoms with Crippen LogP contribution < -0.4 is 5.32 Å². The van der Waals surface area contributed by atoms with Crippen molar-refractivity contribution in [3.05, 3.63) is 0 Å². The summed E-state index contributed by atoms with van der Waals surface area (Å²) in [5, 5.41) is 12.8. The molecule has 12 heavy (non-hydrogen) atoms. The fourth-order valence-electron chi connectivity index (χ4n) is 1.58. The predicted molar refractivity (Wildman–Crippen MR) is 46.1 cm³/mol. The van der Waals surface area contributed by atoms with Gasteiger partial charge in [0.15, 0.2) is 0 Å². The van der Waals surface area contributed by atoms with E-state index >= 15 is 0 Å². The van der Waals surface area contributed by atoms with Gasteiger partial charge in [-0.1, -0.05) is 6.42 Å². The molecule has 0 aromatic carbocycles. The van der Waals surface area contributed by atoms with Crippen LogP contribution in [0, 0.1) is 0 Å². The van der Waals surface area contributed by atoms with E-state index in [1.54, 1.807) is 0 Å². The summed E-state index contributed by atoms with van der Waals surface area (Å²) in [5.74, 6) is -0.689. The summed E-state index contributed by atoms with van der Waals surface area (Å²) in [7, 11) is 0. The maximum Gasteiger partial charge on any atom is 0.303 e. The molecule has 1 N–H and O–H groups in total. The average Bonchev–Trinajstić information content (AvgIpc) is 2.05. The molecule has 0 amide bonds. The van der Waals surface area contributed by atoms with Crippen molar-refractivity contribution in [2.45, 2.75) is 44.6 Å². The molecule has 1 heterocycles. The smallest absolute Gasteiger partial charge is 0.303 e. The van der Waals surface area contributed by atoms with Crippen molar-refractivity contribution < 1.29 is 9.90 Å². The number of hydrogen-bond donors (Lipinski definition) is 1. The summed E-state index contributed by atoms with van der Waals surface area (Å²) >= 11 is 0. The van der Waals surface area contributed by atoms with Crippen LogP contribution in [0.3, 0.4) is 0 Å². The number of rotatable bonds is 4. The first-order valence-electron chi connectivity index (χ1n) is 4.67. The van der Waals surface area contributed by atoms with Gasteiger partial charge in [0.05, 0.1) is 0 Å². The first-order valence-corrected chi connectivity index (χ1v) is 4.67. The van der Waals surface area contributed by atoms with Gasteiger partial charge in [-0.3, -0.25) is 4.79 Å². The molecule has 1 atom stereocenters. The highest BCUT2D eigenvalue weighted by molar-refractivity contribution is 5.66. The summed E-state index contributed by atoms with van der Waals surface area (Å²) in [6.45, 7) is 0.984. The number of hydrogen-bond acceptors (Lipinski definition) is 1. The Hall–Kier alpha value is -0.570.